The first-order chi connectivity index (χ1) is 16.2. The van der Waals surface area contributed by atoms with Crippen LogP contribution in [0.5, 0.6) is 0 Å². The maximum Gasteiger partial charge on any atom is 0.264 e. The Labute approximate surface area is 209 Å². The predicted molar refractivity (Wildman–Crippen MR) is 141 cm³/mol. The molecule has 9 heteroatoms. The number of hydrazone groups is 1. The van der Waals surface area contributed by atoms with Crippen molar-refractivity contribution in [2.45, 2.75) is 18.2 Å². The SMILES string of the molecule is CCc1ccccc1N(CC(=O)N/N=C\c1ccc(N(C)C)c(Br)c1)S(=O)(=O)c1ccccc1. The molecule has 0 heterocycles. The number of aryl methyl sites for hydroxylation is 1. The third-order valence-electron chi connectivity index (χ3n) is 5.12. The van der Waals surface area contributed by atoms with Gasteiger partial charge >= 0.3 is 0 Å². The third kappa shape index (κ3) is 6.03. The fourth-order valence-electron chi connectivity index (χ4n) is 3.38. The Kier molecular flexibility index (Phi) is 8.46. The highest BCUT2D eigenvalue weighted by Crippen LogP contribution is 2.27. The van der Waals surface area contributed by atoms with Crippen LogP contribution in [-0.4, -0.2) is 41.2 Å². The Morgan fingerprint density at radius 3 is 2.32 bits per heavy atom. The topological polar surface area (TPSA) is 82.1 Å². The maximum absolute atomic E-state index is 13.5. The molecule has 0 aromatic heterocycles. The van der Waals surface area contributed by atoms with Crippen molar-refractivity contribution in [1.29, 1.82) is 0 Å². The molecular formula is C25H27BrN4O3S. The smallest absolute Gasteiger partial charge is 0.264 e. The van der Waals surface area contributed by atoms with Crippen LogP contribution in [0.4, 0.5) is 11.4 Å². The molecule has 0 spiro atoms. The molecule has 1 amide bonds. The Bertz CT molecular complexity index is 1280. The summed E-state index contributed by atoms with van der Waals surface area (Å²) >= 11 is 3.52. The molecule has 0 unspecified atom stereocenters. The number of para-hydroxylation sites is 1. The van der Waals surface area contributed by atoms with Crippen molar-refractivity contribution in [2.24, 2.45) is 5.10 Å². The second-order valence-electron chi connectivity index (χ2n) is 7.71. The Morgan fingerprint density at radius 1 is 1.00 bits per heavy atom. The van der Waals surface area contributed by atoms with E-state index in [0.29, 0.717) is 12.1 Å². The molecule has 0 saturated carbocycles. The van der Waals surface area contributed by atoms with Crippen molar-refractivity contribution in [1.82, 2.24) is 5.43 Å². The zero-order valence-corrected chi connectivity index (χ0v) is 21.7. The minimum Gasteiger partial charge on any atom is -0.377 e. The van der Waals surface area contributed by atoms with Gasteiger partial charge in [-0.1, -0.05) is 49.4 Å². The van der Waals surface area contributed by atoms with Crippen LogP contribution in [-0.2, 0) is 21.2 Å². The minimum absolute atomic E-state index is 0.114. The molecular weight excluding hydrogens is 516 g/mol. The van der Waals surface area contributed by atoms with E-state index in [1.807, 2.05) is 56.3 Å². The van der Waals surface area contributed by atoms with Gasteiger partial charge in [0.25, 0.3) is 15.9 Å². The molecule has 178 valence electrons. The van der Waals surface area contributed by atoms with Crippen molar-refractivity contribution in [2.75, 3.05) is 29.8 Å². The second-order valence-corrected chi connectivity index (χ2v) is 10.4. The van der Waals surface area contributed by atoms with E-state index in [4.69, 9.17) is 0 Å². The van der Waals surface area contributed by atoms with Crippen molar-refractivity contribution < 1.29 is 13.2 Å². The highest BCUT2D eigenvalue weighted by Gasteiger charge is 2.28. The van der Waals surface area contributed by atoms with Gasteiger partial charge in [0.05, 0.1) is 22.5 Å². The average Bonchev–Trinajstić information content (AvgIpc) is 2.83. The molecule has 0 saturated heterocycles. The average molecular weight is 543 g/mol. The highest BCUT2D eigenvalue weighted by molar-refractivity contribution is 9.10. The molecule has 0 aliphatic heterocycles. The molecule has 7 nitrogen and oxygen atoms in total. The van der Waals surface area contributed by atoms with Gasteiger partial charge < -0.3 is 4.90 Å². The first-order valence-electron chi connectivity index (χ1n) is 10.7. The lowest BCUT2D eigenvalue weighted by Gasteiger charge is -2.25. The van der Waals surface area contributed by atoms with Crippen LogP contribution in [0.3, 0.4) is 0 Å². The number of amides is 1. The predicted octanol–water partition coefficient (Wildman–Crippen LogP) is 4.42. The largest absolute Gasteiger partial charge is 0.377 e. The summed E-state index contributed by atoms with van der Waals surface area (Å²) in [5, 5.41) is 4.02. The summed E-state index contributed by atoms with van der Waals surface area (Å²) < 4.78 is 28.9. The Hall–Kier alpha value is -3.17. The second kappa shape index (κ2) is 11.3. The lowest BCUT2D eigenvalue weighted by molar-refractivity contribution is -0.119. The van der Waals surface area contributed by atoms with Crippen LogP contribution in [0.1, 0.15) is 18.1 Å². The maximum atomic E-state index is 13.5. The Morgan fingerprint density at radius 2 is 1.68 bits per heavy atom. The standard InChI is InChI=1S/C25H27BrN4O3S/c1-4-20-10-8-9-13-23(20)30(34(32,33)21-11-6-5-7-12-21)18-25(31)28-27-17-19-14-15-24(29(2)3)22(26)16-19/h5-17H,4,18H2,1-3H3,(H,28,31)/b27-17-. The van der Waals surface area contributed by atoms with E-state index in [1.165, 1.54) is 18.3 Å². The molecule has 3 aromatic rings. The number of carbonyl (C=O) groups excluding carboxylic acids is 1. The first-order valence-corrected chi connectivity index (χ1v) is 12.9. The van der Waals surface area contributed by atoms with E-state index in [9.17, 15) is 13.2 Å². The van der Waals surface area contributed by atoms with Crippen molar-refractivity contribution in [3.05, 3.63) is 88.4 Å². The number of sulfonamides is 1. The van der Waals surface area contributed by atoms with E-state index in [2.05, 4.69) is 26.5 Å². The summed E-state index contributed by atoms with van der Waals surface area (Å²) in [5.74, 6) is -0.550. The lowest BCUT2D eigenvalue weighted by Crippen LogP contribution is -2.40. The number of anilines is 2. The number of rotatable bonds is 9. The van der Waals surface area contributed by atoms with Crippen LogP contribution in [0.15, 0.2) is 87.3 Å². The molecule has 0 atom stereocenters. The number of nitrogens with one attached hydrogen (secondary N) is 1. The molecule has 3 rings (SSSR count). The molecule has 0 aliphatic rings. The van der Waals surface area contributed by atoms with Crippen LogP contribution in [0.25, 0.3) is 0 Å². The highest BCUT2D eigenvalue weighted by atomic mass is 79.9. The summed E-state index contributed by atoms with van der Waals surface area (Å²) in [6, 6.07) is 20.9. The summed E-state index contributed by atoms with van der Waals surface area (Å²) in [6.07, 6.45) is 2.13. The third-order valence-corrected chi connectivity index (χ3v) is 7.53. The lowest BCUT2D eigenvalue weighted by atomic mass is 10.1. The van der Waals surface area contributed by atoms with E-state index >= 15 is 0 Å². The zero-order valence-electron chi connectivity index (χ0n) is 19.3. The summed E-state index contributed by atoms with van der Waals surface area (Å²) in [4.78, 5) is 14.8. The summed E-state index contributed by atoms with van der Waals surface area (Å²) in [5.41, 5.74) is 5.53. The van der Waals surface area contributed by atoms with Gasteiger partial charge in [0.2, 0.25) is 0 Å². The van der Waals surface area contributed by atoms with Gasteiger partial charge in [-0.05, 0) is 63.8 Å². The number of hydrogen-bond acceptors (Lipinski definition) is 5. The van der Waals surface area contributed by atoms with E-state index in [0.717, 1.165) is 25.6 Å². The molecule has 0 bridgehead atoms. The van der Waals surface area contributed by atoms with E-state index < -0.39 is 22.5 Å². The van der Waals surface area contributed by atoms with Gasteiger partial charge in [-0.15, -0.1) is 0 Å². The van der Waals surface area contributed by atoms with Gasteiger partial charge in [-0.3, -0.25) is 9.10 Å². The van der Waals surface area contributed by atoms with Crippen molar-refractivity contribution in [3.63, 3.8) is 0 Å². The molecule has 0 fully saturated rings. The number of nitrogens with zero attached hydrogens (tertiary/aromatic N) is 3. The van der Waals surface area contributed by atoms with Crippen LogP contribution in [0, 0.1) is 0 Å². The van der Waals surface area contributed by atoms with Crippen LogP contribution >= 0.6 is 15.9 Å². The van der Waals surface area contributed by atoms with Crippen molar-refractivity contribution in [3.8, 4) is 0 Å². The zero-order chi connectivity index (χ0) is 24.7. The molecule has 1 N–H and O–H groups in total. The number of halogens is 1. The molecule has 0 radical (unpaired) electrons. The minimum atomic E-state index is -3.97. The van der Waals surface area contributed by atoms with Crippen molar-refractivity contribution >= 4 is 49.4 Å². The molecule has 0 aliphatic carbocycles. The van der Waals surface area contributed by atoms with Gasteiger partial charge in [0.15, 0.2) is 0 Å². The molecule has 3 aromatic carbocycles. The fraction of sp³-hybridized carbons (Fsp3) is 0.200. The van der Waals surface area contributed by atoms with Gasteiger partial charge in [-0.2, -0.15) is 5.10 Å². The number of carbonyl (C=O) groups is 1. The first kappa shape index (κ1) is 25.5. The van der Waals surface area contributed by atoms with Gasteiger partial charge in [-0.25, -0.2) is 13.8 Å². The monoisotopic (exact) mass is 542 g/mol. The summed E-state index contributed by atoms with van der Waals surface area (Å²) in [6.45, 7) is 1.53. The summed E-state index contributed by atoms with van der Waals surface area (Å²) in [7, 11) is -0.0788. The quantitative estimate of drug-likeness (QED) is 0.320. The Balaban J connectivity index is 1.83. The fourth-order valence-corrected chi connectivity index (χ4v) is 5.61. The van der Waals surface area contributed by atoms with Crippen LogP contribution < -0.4 is 14.6 Å². The van der Waals surface area contributed by atoms with E-state index in [1.54, 1.807) is 30.3 Å². The van der Waals surface area contributed by atoms with Gasteiger partial charge in [0.1, 0.15) is 6.54 Å². The number of hydrogen-bond donors (Lipinski definition) is 1. The van der Waals surface area contributed by atoms with Gasteiger partial charge in [0, 0.05) is 18.6 Å². The van der Waals surface area contributed by atoms with Crippen LogP contribution in [0.2, 0.25) is 0 Å². The van der Waals surface area contributed by atoms with E-state index in [-0.39, 0.29) is 4.90 Å². The normalized spacial score (nSPS) is 11.4. The number of benzene rings is 3. The molecule has 34 heavy (non-hydrogen) atoms.